The lowest BCUT2D eigenvalue weighted by Crippen LogP contribution is -2.24. The molecule has 0 aromatic heterocycles. The van der Waals surface area contributed by atoms with Crippen LogP contribution in [-0.2, 0) is 14.8 Å². The second-order valence-corrected chi connectivity index (χ2v) is 9.29. The summed E-state index contributed by atoms with van der Waals surface area (Å²) in [5.74, 6) is -0.431. The van der Waals surface area contributed by atoms with E-state index < -0.39 is 15.9 Å². The van der Waals surface area contributed by atoms with Crippen molar-refractivity contribution in [2.45, 2.75) is 18.2 Å². The molecule has 2 N–H and O–H groups in total. The van der Waals surface area contributed by atoms with Crippen molar-refractivity contribution >= 4 is 39.0 Å². The van der Waals surface area contributed by atoms with E-state index in [4.69, 9.17) is 16.3 Å². The first-order valence-corrected chi connectivity index (χ1v) is 12.1. The van der Waals surface area contributed by atoms with Crippen LogP contribution in [0.25, 0.3) is 0 Å². The van der Waals surface area contributed by atoms with Crippen LogP contribution in [0.5, 0.6) is 5.75 Å². The second-order valence-electron chi connectivity index (χ2n) is 7.09. The molecule has 0 atom stereocenters. The number of hydrogen-bond acceptors (Lipinski definition) is 5. The highest BCUT2D eigenvalue weighted by atomic mass is 35.5. The molecule has 172 valence electrons. The fourth-order valence-corrected chi connectivity index (χ4v) is 4.23. The maximum atomic E-state index is 12.9. The number of carbonyl (C=O) groups is 2. The first-order valence-electron chi connectivity index (χ1n) is 10.2. The molecule has 0 aliphatic carbocycles. The predicted molar refractivity (Wildman–Crippen MR) is 127 cm³/mol. The van der Waals surface area contributed by atoms with Crippen LogP contribution in [-0.4, -0.2) is 33.3 Å². The first kappa shape index (κ1) is 24.4. The zero-order valence-electron chi connectivity index (χ0n) is 17.9. The van der Waals surface area contributed by atoms with Gasteiger partial charge >= 0.3 is 0 Å². The quantitative estimate of drug-likeness (QED) is 0.416. The van der Waals surface area contributed by atoms with Gasteiger partial charge in [-0.1, -0.05) is 48.9 Å². The number of hydrogen-bond donors (Lipinski definition) is 2. The molecule has 0 bridgehead atoms. The number of halogens is 1. The number of nitrogens with one attached hydrogen (secondary N) is 2. The van der Waals surface area contributed by atoms with E-state index >= 15 is 0 Å². The lowest BCUT2D eigenvalue weighted by molar-refractivity contribution is -0.118. The minimum atomic E-state index is -3.58. The summed E-state index contributed by atoms with van der Waals surface area (Å²) in [7, 11) is -3.58. The van der Waals surface area contributed by atoms with Gasteiger partial charge in [-0.3, -0.25) is 9.59 Å². The molecule has 7 nitrogen and oxygen atoms in total. The van der Waals surface area contributed by atoms with Crippen molar-refractivity contribution in [1.29, 1.82) is 0 Å². The van der Waals surface area contributed by atoms with Crippen molar-refractivity contribution in [3.05, 3.63) is 88.9 Å². The normalized spacial score (nSPS) is 11.1. The van der Waals surface area contributed by atoms with E-state index in [1.165, 1.54) is 30.3 Å². The van der Waals surface area contributed by atoms with Crippen LogP contribution >= 0.6 is 11.6 Å². The number of amides is 1. The van der Waals surface area contributed by atoms with Gasteiger partial charge in [-0.05, 0) is 48.9 Å². The Morgan fingerprint density at radius 1 is 0.970 bits per heavy atom. The summed E-state index contributed by atoms with van der Waals surface area (Å²) in [5, 5.41) is 3.04. The molecular weight excluding hydrogens is 464 g/mol. The third-order valence-corrected chi connectivity index (χ3v) is 6.29. The largest absolute Gasteiger partial charge is 0.484 e. The van der Waals surface area contributed by atoms with Crippen molar-refractivity contribution in [2.75, 3.05) is 18.5 Å². The van der Waals surface area contributed by atoms with Crippen molar-refractivity contribution in [3.63, 3.8) is 0 Å². The maximum absolute atomic E-state index is 12.9. The molecule has 1 amide bonds. The Hall–Kier alpha value is -3.20. The average Bonchev–Trinajstić information content (AvgIpc) is 2.83. The molecule has 0 saturated heterocycles. The van der Waals surface area contributed by atoms with Gasteiger partial charge in [0.05, 0.1) is 10.6 Å². The fourth-order valence-electron chi connectivity index (χ4n) is 2.93. The number of ketones is 1. The van der Waals surface area contributed by atoms with Crippen LogP contribution in [0.1, 0.15) is 29.3 Å². The maximum Gasteiger partial charge on any atom is 0.262 e. The van der Waals surface area contributed by atoms with Gasteiger partial charge in [-0.2, -0.15) is 0 Å². The van der Waals surface area contributed by atoms with Crippen molar-refractivity contribution in [3.8, 4) is 5.75 Å². The van der Waals surface area contributed by atoms with Gasteiger partial charge in [0.2, 0.25) is 10.0 Å². The van der Waals surface area contributed by atoms with Crippen molar-refractivity contribution in [1.82, 2.24) is 4.72 Å². The second kappa shape index (κ2) is 11.1. The monoisotopic (exact) mass is 486 g/mol. The number of carbonyl (C=O) groups excluding carboxylic acids is 2. The Morgan fingerprint density at radius 3 is 2.33 bits per heavy atom. The Morgan fingerprint density at radius 2 is 1.67 bits per heavy atom. The van der Waals surface area contributed by atoms with Gasteiger partial charge in [-0.15, -0.1) is 0 Å². The summed E-state index contributed by atoms with van der Waals surface area (Å²) in [6.07, 6.45) is 0.682. The summed E-state index contributed by atoms with van der Waals surface area (Å²) in [5.41, 5.74) is 1.04. The van der Waals surface area contributed by atoms with Crippen LogP contribution in [0.2, 0.25) is 5.02 Å². The van der Waals surface area contributed by atoms with Gasteiger partial charge in [0.1, 0.15) is 5.75 Å². The highest BCUT2D eigenvalue weighted by Gasteiger charge is 2.17. The molecule has 0 saturated carbocycles. The molecule has 0 unspecified atom stereocenters. The van der Waals surface area contributed by atoms with Crippen LogP contribution in [0.15, 0.2) is 77.7 Å². The van der Waals surface area contributed by atoms with Gasteiger partial charge in [0.25, 0.3) is 5.91 Å². The van der Waals surface area contributed by atoms with Crippen LogP contribution in [0.4, 0.5) is 5.69 Å². The van der Waals surface area contributed by atoms with Crippen LogP contribution in [0.3, 0.4) is 0 Å². The molecule has 0 radical (unpaired) electrons. The molecule has 0 aliphatic rings. The Labute approximate surface area is 197 Å². The van der Waals surface area contributed by atoms with Gasteiger partial charge in [-0.25, -0.2) is 13.1 Å². The van der Waals surface area contributed by atoms with E-state index in [-0.39, 0.29) is 22.8 Å². The summed E-state index contributed by atoms with van der Waals surface area (Å²) < 4.78 is 32.2. The van der Waals surface area contributed by atoms with Crippen molar-refractivity contribution in [2.24, 2.45) is 0 Å². The van der Waals surface area contributed by atoms with E-state index in [1.54, 1.807) is 42.5 Å². The summed E-state index contributed by atoms with van der Waals surface area (Å²) in [6.45, 7) is 1.89. The summed E-state index contributed by atoms with van der Waals surface area (Å²) in [6, 6.07) is 19.0. The average molecular weight is 487 g/mol. The molecule has 0 fully saturated rings. The molecular formula is C24H23ClN2O5S. The predicted octanol–water partition coefficient (Wildman–Crippen LogP) is 4.28. The molecule has 0 aliphatic heterocycles. The zero-order valence-corrected chi connectivity index (χ0v) is 19.4. The van der Waals surface area contributed by atoms with E-state index in [9.17, 15) is 18.0 Å². The number of ether oxygens (including phenoxy) is 1. The van der Waals surface area contributed by atoms with Gasteiger partial charge in [0, 0.05) is 22.7 Å². The van der Waals surface area contributed by atoms with E-state index in [0.29, 0.717) is 35.0 Å². The minimum Gasteiger partial charge on any atom is -0.484 e. The van der Waals surface area contributed by atoms with Crippen LogP contribution in [0, 0.1) is 0 Å². The molecule has 3 rings (SSSR count). The molecule has 9 heteroatoms. The highest BCUT2D eigenvalue weighted by Crippen LogP contribution is 2.24. The first-order chi connectivity index (χ1) is 15.8. The standard InChI is InChI=1S/C24H23ClN2O5S/c1-2-14-26-33(30,31)20-11-9-19(10-12-20)32-16-23(28)27-22-13-8-18(25)15-21(22)24(29)17-6-4-3-5-7-17/h3-13,15,26H,2,14,16H2,1H3,(H,27,28). The van der Waals surface area contributed by atoms with Crippen molar-refractivity contribution < 1.29 is 22.7 Å². The molecule has 0 heterocycles. The third kappa shape index (κ3) is 6.64. The molecule has 3 aromatic rings. The minimum absolute atomic E-state index is 0.109. The number of sulfonamides is 1. The van der Waals surface area contributed by atoms with Crippen LogP contribution < -0.4 is 14.8 Å². The van der Waals surface area contributed by atoms with E-state index in [0.717, 1.165) is 0 Å². The van der Waals surface area contributed by atoms with E-state index in [2.05, 4.69) is 10.0 Å². The SMILES string of the molecule is CCCNS(=O)(=O)c1ccc(OCC(=O)Nc2ccc(Cl)cc2C(=O)c2ccccc2)cc1. The Bertz CT molecular complexity index is 1230. The summed E-state index contributed by atoms with van der Waals surface area (Å²) >= 11 is 6.06. The van der Waals surface area contributed by atoms with Gasteiger partial charge < -0.3 is 10.1 Å². The fraction of sp³-hybridized carbons (Fsp3) is 0.167. The molecule has 33 heavy (non-hydrogen) atoms. The molecule has 3 aromatic carbocycles. The Balaban J connectivity index is 1.65. The lowest BCUT2D eigenvalue weighted by atomic mass is 10.0. The smallest absolute Gasteiger partial charge is 0.262 e. The molecule has 0 spiro atoms. The third-order valence-electron chi connectivity index (χ3n) is 4.58. The Kier molecular flexibility index (Phi) is 8.21. The zero-order chi connectivity index (χ0) is 23.8. The number of rotatable bonds is 10. The number of anilines is 1. The topological polar surface area (TPSA) is 102 Å². The highest BCUT2D eigenvalue weighted by molar-refractivity contribution is 7.89. The number of benzene rings is 3. The summed E-state index contributed by atoms with van der Waals surface area (Å²) in [4.78, 5) is 25.4. The van der Waals surface area contributed by atoms with Gasteiger partial charge in [0.15, 0.2) is 12.4 Å². The lowest BCUT2D eigenvalue weighted by Gasteiger charge is -2.12. The van der Waals surface area contributed by atoms with E-state index in [1.807, 2.05) is 6.92 Å².